The van der Waals surface area contributed by atoms with E-state index in [-0.39, 0.29) is 17.3 Å². The lowest BCUT2D eigenvalue weighted by molar-refractivity contribution is -0.141. The van der Waals surface area contributed by atoms with Crippen molar-refractivity contribution in [1.82, 2.24) is 15.2 Å². The summed E-state index contributed by atoms with van der Waals surface area (Å²) in [6.45, 7) is 1.82. The van der Waals surface area contributed by atoms with Gasteiger partial charge in [-0.15, -0.1) is 10.2 Å². The van der Waals surface area contributed by atoms with Crippen molar-refractivity contribution in [2.45, 2.75) is 19.5 Å². The minimum absolute atomic E-state index is 0.0445. The molecule has 1 N–H and O–H groups in total. The van der Waals surface area contributed by atoms with Gasteiger partial charge in [-0.05, 0) is 12.1 Å². The fraction of sp³-hybridized carbons (Fsp3) is 0.316. The summed E-state index contributed by atoms with van der Waals surface area (Å²) in [7, 11) is 4.31. The van der Waals surface area contributed by atoms with Gasteiger partial charge in [-0.2, -0.15) is 13.2 Å². The second-order valence-corrected chi connectivity index (χ2v) is 5.98. The van der Waals surface area contributed by atoms with Gasteiger partial charge >= 0.3 is 6.18 Å². The maximum absolute atomic E-state index is 13.2. The van der Waals surface area contributed by atoms with E-state index in [1.54, 1.807) is 12.1 Å². The zero-order valence-corrected chi connectivity index (χ0v) is 16.6. The average Bonchev–Trinajstić information content (AvgIpc) is 3.21. The highest BCUT2D eigenvalue weighted by Gasteiger charge is 2.33. The molecule has 0 saturated heterocycles. The summed E-state index contributed by atoms with van der Waals surface area (Å²) in [5, 5.41) is 10.6. The summed E-state index contributed by atoms with van der Waals surface area (Å²) in [6, 6.07) is 5.16. The SMILES string of the molecule is CCc1nnc(-c2ccc(C(F)(F)F)nc2Nc2cc(OC)c(OC)c(OC)c2)o1. The normalized spacial score (nSPS) is 11.3. The Morgan fingerprint density at radius 1 is 1.00 bits per heavy atom. The number of aryl methyl sites for hydroxylation is 1. The van der Waals surface area contributed by atoms with Crippen molar-refractivity contribution in [3.05, 3.63) is 35.9 Å². The van der Waals surface area contributed by atoms with Gasteiger partial charge in [-0.25, -0.2) is 4.98 Å². The lowest BCUT2D eigenvalue weighted by Crippen LogP contribution is -2.10. The van der Waals surface area contributed by atoms with E-state index < -0.39 is 11.9 Å². The van der Waals surface area contributed by atoms with Crippen molar-refractivity contribution in [1.29, 1.82) is 0 Å². The van der Waals surface area contributed by atoms with Crippen molar-refractivity contribution < 1.29 is 31.8 Å². The van der Waals surface area contributed by atoms with E-state index in [0.29, 0.717) is 35.2 Å². The molecule has 0 spiro atoms. The first kappa shape index (κ1) is 21.2. The van der Waals surface area contributed by atoms with Crippen LogP contribution in [0.5, 0.6) is 17.2 Å². The first-order chi connectivity index (χ1) is 14.3. The molecule has 30 heavy (non-hydrogen) atoms. The minimum atomic E-state index is -4.63. The average molecular weight is 424 g/mol. The van der Waals surface area contributed by atoms with Gasteiger partial charge in [0.15, 0.2) is 11.5 Å². The molecule has 0 aliphatic rings. The third-order valence-electron chi connectivity index (χ3n) is 4.11. The number of benzene rings is 1. The van der Waals surface area contributed by atoms with Gasteiger partial charge < -0.3 is 23.9 Å². The zero-order chi connectivity index (χ0) is 21.9. The van der Waals surface area contributed by atoms with Crippen LogP contribution >= 0.6 is 0 Å². The Hall–Kier alpha value is -3.50. The number of halogens is 3. The van der Waals surface area contributed by atoms with Crippen LogP contribution in [0.2, 0.25) is 0 Å². The molecule has 8 nitrogen and oxygen atoms in total. The molecule has 3 rings (SSSR count). The molecule has 0 aliphatic heterocycles. The Labute approximate surface area is 170 Å². The lowest BCUT2D eigenvalue weighted by Gasteiger charge is -2.16. The number of hydrogen-bond donors (Lipinski definition) is 1. The molecule has 2 aromatic heterocycles. The largest absolute Gasteiger partial charge is 0.493 e. The lowest BCUT2D eigenvalue weighted by atomic mass is 10.2. The number of methoxy groups -OCH3 is 3. The molecule has 0 fully saturated rings. The number of nitrogens with one attached hydrogen (secondary N) is 1. The first-order valence-electron chi connectivity index (χ1n) is 8.78. The number of alkyl halides is 3. The molecule has 0 radical (unpaired) electrons. The molecule has 3 aromatic rings. The second-order valence-electron chi connectivity index (χ2n) is 5.98. The molecule has 160 valence electrons. The van der Waals surface area contributed by atoms with Crippen LogP contribution in [0.25, 0.3) is 11.5 Å². The molecule has 0 amide bonds. The van der Waals surface area contributed by atoms with Crippen LogP contribution in [0.1, 0.15) is 18.5 Å². The molecule has 0 atom stereocenters. The van der Waals surface area contributed by atoms with Gasteiger partial charge in [-0.3, -0.25) is 0 Å². The molecule has 11 heteroatoms. The number of aromatic nitrogens is 3. The van der Waals surface area contributed by atoms with Gasteiger partial charge in [0.2, 0.25) is 11.6 Å². The summed E-state index contributed by atoms with van der Waals surface area (Å²) >= 11 is 0. The van der Waals surface area contributed by atoms with E-state index >= 15 is 0 Å². The summed E-state index contributed by atoms with van der Waals surface area (Å²) < 4.78 is 61.0. The summed E-state index contributed by atoms with van der Waals surface area (Å²) in [5.41, 5.74) is -0.506. The molecular weight excluding hydrogens is 405 g/mol. The molecule has 0 bridgehead atoms. The van der Waals surface area contributed by atoms with E-state index in [2.05, 4.69) is 20.5 Å². The van der Waals surface area contributed by atoms with E-state index in [0.717, 1.165) is 6.07 Å². The van der Waals surface area contributed by atoms with Crippen molar-refractivity contribution in [3.63, 3.8) is 0 Å². The third-order valence-corrected chi connectivity index (χ3v) is 4.11. The first-order valence-corrected chi connectivity index (χ1v) is 8.78. The smallest absolute Gasteiger partial charge is 0.433 e. The Kier molecular flexibility index (Phi) is 5.99. The predicted molar refractivity (Wildman–Crippen MR) is 101 cm³/mol. The number of anilines is 2. The molecule has 2 heterocycles. The topological polar surface area (TPSA) is 91.5 Å². The van der Waals surface area contributed by atoms with E-state index in [9.17, 15) is 13.2 Å². The summed E-state index contributed by atoms with van der Waals surface area (Å²) in [5.74, 6) is 1.25. The Morgan fingerprint density at radius 2 is 1.67 bits per heavy atom. The van der Waals surface area contributed by atoms with Crippen LogP contribution in [0.15, 0.2) is 28.7 Å². The van der Waals surface area contributed by atoms with Gasteiger partial charge in [0.05, 0.1) is 26.9 Å². The Morgan fingerprint density at radius 3 is 2.17 bits per heavy atom. The number of hydrogen-bond acceptors (Lipinski definition) is 8. The summed E-state index contributed by atoms with van der Waals surface area (Å²) in [4.78, 5) is 3.73. The van der Waals surface area contributed by atoms with E-state index in [1.165, 1.54) is 27.4 Å². The van der Waals surface area contributed by atoms with Crippen LogP contribution in [0, 0.1) is 0 Å². The van der Waals surface area contributed by atoms with Crippen molar-refractivity contribution in [2.75, 3.05) is 26.6 Å². The molecule has 1 aromatic carbocycles. The van der Waals surface area contributed by atoms with Crippen LogP contribution in [-0.4, -0.2) is 36.5 Å². The Bertz CT molecular complexity index is 1010. The number of pyridine rings is 1. The van der Waals surface area contributed by atoms with Gasteiger partial charge in [0.1, 0.15) is 11.5 Å². The molecular formula is C19H19F3N4O4. The molecule has 0 unspecified atom stereocenters. The van der Waals surface area contributed by atoms with E-state index in [4.69, 9.17) is 18.6 Å². The van der Waals surface area contributed by atoms with Crippen molar-refractivity contribution >= 4 is 11.5 Å². The minimum Gasteiger partial charge on any atom is -0.493 e. The fourth-order valence-electron chi connectivity index (χ4n) is 2.68. The highest BCUT2D eigenvalue weighted by Crippen LogP contribution is 2.41. The van der Waals surface area contributed by atoms with Crippen molar-refractivity contribution in [3.8, 4) is 28.7 Å². The zero-order valence-electron chi connectivity index (χ0n) is 16.6. The fourth-order valence-corrected chi connectivity index (χ4v) is 2.68. The number of nitrogens with zero attached hydrogens (tertiary/aromatic N) is 3. The summed E-state index contributed by atoms with van der Waals surface area (Å²) in [6.07, 6.45) is -4.15. The second kappa shape index (κ2) is 8.47. The highest BCUT2D eigenvalue weighted by molar-refractivity contribution is 5.76. The van der Waals surface area contributed by atoms with Crippen LogP contribution in [0.3, 0.4) is 0 Å². The molecule has 0 aliphatic carbocycles. The third kappa shape index (κ3) is 4.24. The van der Waals surface area contributed by atoms with Crippen LogP contribution < -0.4 is 19.5 Å². The van der Waals surface area contributed by atoms with E-state index in [1.807, 2.05) is 6.92 Å². The van der Waals surface area contributed by atoms with Gasteiger partial charge in [0.25, 0.3) is 5.89 Å². The van der Waals surface area contributed by atoms with Gasteiger partial charge in [-0.1, -0.05) is 6.92 Å². The Balaban J connectivity index is 2.11. The standard InChI is InChI=1S/C19H19F3N4O4/c1-5-15-25-26-18(30-15)11-6-7-14(19(20,21)22)24-17(11)23-10-8-12(27-2)16(29-4)13(9-10)28-3/h6-9H,5H2,1-4H3,(H,23,24). The quantitative estimate of drug-likeness (QED) is 0.594. The number of rotatable bonds is 7. The van der Waals surface area contributed by atoms with Crippen LogP contribution in [-0.2, 0) is 12.6 Å². The predicted octanol–water partition coefficient (Wildman–Crippen LogP) is 4.48. The maximum Gasteiger partial charge on any atom is 0.433 e. The maximum atomic E-state index is 13.2. The monoisotopic (exact) mass is 424 g/mol. The van der Waals surface area contributed by atoms with Crippen molar-refractivity contribution in [2.24, 2.45) is 0 Å². The van der Waals surface area contributed by atoms with Gasteiger partial charge in [0, 0.05) is 24.2 Å². The molecule has 0 saturated carbocycles. The number of ether oxygens (including phenoxy) is 3. The highest BCUT2D eigenvalue weighted by atomic mass is 19.4. The van der Waals surface area contributed by atoms with Crippen LogP contribution in [0.4, 0.5) is 24.7 Å².